The third-order valence-corrected chi connectivity index (χ3v) is 12.6. The monoisotopic (exact) mass is 716 g/mol. The zero-order chi connectivity index (χ0) is 36.0. The molecule has 0 saturated carbocycles. The molecule has 3 heterocycles. The molecule has 55 heavy (non-hydrogen) atoms. The van der Waals surface area contributed by atoms with Gasteiger partial charge in [-0.1, -0.05) is 151 Å². The van der Waals surface area contributed by atoms with Crippen LogP contribution in [0.25, 0.3) is 99.1 Å². The third kappa shape index (κ3) is 4.57. The van der Waals surface area contributed by atoms with Gasteiger partial charge in [-0.05, 0) is 93.4 Å². The summed E-state index contributed by atoms with van der Waals surface area (Å²) in [5, 5.41) is 7.78. The van der Waals surface area contributed by atoms with Crippen molar-refractivity contribution in [2.75, 3.05) is 0 Å². The first kappa shape index (κ1) is 30.6. The van der Waals surface area contributed by atoms with Crippen LogP contribution in [-0.4, -0.2) is 9.13 Å². The summed E-state index contributed by atoms with van der Waals surface area (Å²) in [5.74, 6) is 0. The SMILES string of the molecule is c1ccc(-c2ccc(-n3c4ccccc4c4c5cccc6c5c(cc43)Sc3cc(-c4ccc5c7ccccc7n(-c7ccccc7)c5c4)ccc3-6)cc2)cc1. The minimum atomic E-state index is 1.17. The Bertz CT molecular complexity index is 3320. The van der Waals surface area contributed by atoms with Crippen molar-refractivity contribution in [1.29, 1.82) is 0 Å². The molecular weight excluding hydrogens is 685 g/mol. The lowest BCUT2D eigenvalue weighted by Gasteiger charge is -2.22. The Kier molecular flexibility index (Phi) is 6.60. The fourth-order valence-corrected chi connectivity index (χ4v) is 10.3. The van der Waals surface area contributed by atoms with Crippen LogP contribution in [0.4, 0.5) is 0 Å². The van der Waals surface area contributed by atoms with Crippen molar-refractivity contribution in [3.8, 4) is 44.8 Å². The fourth-order valence-electron chi connectivity index (χ4n) is 9.05. The fraction of sp³-hybridized carbons (Fsp3) is 0. The second-order valence-electron chi connectivity index (χ2n) is 14.5. The number of para-hydroxylation sites is 3. The number of aromatic nitrogens is 2. The van der Waals surface area contributed by atoms with Gasteiger partial charge in [0.05, 0.1) is 22.1 Å². The average Bonchev–Trinajstić information content (AvgIpc) is 3.77. The normalized spacial score (nSPS) is 12.3. The third-order valence-electron chi connectivity index (χ3n) is 11.5. The van der Waals surface area contributed by atoms with Gasteiger partial charge in [0.25, 0.3) is 0 Å². The minimum absolute atomic E-state index is 1.17. The highest BCUT2D eigenvalue weighted by molar-refractivity contribution is 7.99. The molecule has 2 nitrogen and oxygen atoms in total. The second kappa shape index (κ2) is 11.8. The lowest BCUT2D eigenvalue weighted by Crippen LogP contribution is -1.97. The largest absolute Gasteiger partial charge is 0.309 e. The van der Waals surface area contributed by atoms with E-state index in [9.17, 15) is 0 Å². The second-order valence-corrected chi connectivity index (χ2v) is 15.6. The van der Waals surface area contributed by atoms with E-state index in [0.717, 1.165) is 0 Å². The summed E-state index contributed by atoms with van der Waals surface area (Å²) >= 11 is 1.90. The zero-order valence-corrected chi connectivity index (χ0v) is 30.6. The van der Waals surface area contributed by atoms with Crippen molar-refractivity contribution >= 4 is 66.1 Å². The Morgan fingerprint density at radius 3 is 1.69 bits per heavy atom. The van der Waals surface area contributed by atoms with Gasteiger partial charge in [-0.25, -0.2) is 0 Å². The molecule has 2 aromatic heterocycles. The summed E-state index contributed by atoms with van der Waals surface area (Å²) in [6.45, 7) is 0. The molecule has 0 aliphatic carbocycles. The van der Waals surface area contributed by atoms with Crippen molar-refractivity contribution in [3.63, 3.8) is 0 Å². The van der Waals surface area contributed by atoms with Crippen molar-refractivity contribution < 1.29 is 0 Å². The predicted molar refractivity (Wildman–Crippen MR) is 233 cm³/mol. The van der Waals surface area contributed by atoms with E-state index in [1.54, 1.807) is 0 Å². The van der Waals surface area contributed by atoms with Crippen LogP contribution in [0, 0.1) is 0 Å². The van der Waals surface area contributed by atoms with Crippen LogP contribution in [0.3, 0.4) is 0 Å². The van der Waals surface area contributed by atoms with Gasteiger partial charge in [-0.15, -0.1) is 0 Å². The standard InChI is InChI=1S/C52H32N2S/c1-3-12-33(13-4-1)34-22-26-38(27-23-34)54-46-21-10-8-17-43(46)51-44-19-11-18-42-41-29-25-36(31-49(41)55-50(52(42)44)32-48(51)54)35-24-28-40-39-16-7-9-20-45(39)53(47(40)30-35)37-14-5-2-6-15-37/h1-32H. The molecule has 11 aromatic rings. The van der Waals surface area contributed by atoms with Crippen molar-refractivity contribution in [2.45, 2.75) is 9.79 Å². The predicted octanol–water partition coefficient (Wildman–Crippen LogP) is 14.5. The molecule has 0 atom stereocenters. The highest BCUT2D eigenvalue weighted by Crippen LogP contribution is 2.52. The molecule has 0 spiro atoms. The molecule has 256 valence electrons. The van der Waals surface area contributed by atoms with Gasteiger partial charge in [0, 0.05) is 48.1 Å². The first-order chi connectivity index (χ1) is 27.3. The summed E-state index contributed by atoms with van der Waals surface area (Å²) in [6, 6.07) is 71.3. The molecule has 0 bridgehead atoms. The molecule has 0 saturated heterocycles. The Morgan fingerprint density at radius 1 is 0.291 bits per heavy atom. The maximum Gasteiger partial charge on any atom is 0.0558 e. The summed E-state index contributed by atoms with van der Waals surface area (Å²) in [7, 11) is 0. The summed E-state index contributed by atoms with van der Waals surface area (Å²) in [6.07, 6.45) is 0. The van der Waals surface area contributed by atoms with Crippen molar-refractivity contribution in [3.05, 3.63) is 194 Å². The first-order valence-corrected chi connectivity index (χ1v) is 19.7. The molecule has 0 fully saturated rings. The maximum absolute atomic E-state index is 2.45. The van der Waals surface area contributed by atoms with E-state index < -0.39 is 0 Å². The quantitative estimate of drug-likeness (QED) is 0.176. The van der Waals surface area contributed by atoms with Gasteiger partial charge in [-0.2, -0.15) is 0 Å². The maximum atomic E-state index is 2.45. The van der Waals surface area contributed by atoms with Gasteiger partial charge in [0.1, 0.15) is 0 Å². The molecule has 3 heteroatoms. The summed E-state index contributed by atoms with van der Waals surface area (Å²) in [5.41, 5.74) is 14.7. The van der Waals surface area contributed by atoms with E-state index in [1.165, 1.54) is 109 Å². The number of rotatable bonds is 4. The van der Waals surface area contributed by atoms with E-state index in [-0.39, 0.29) is 0 Å². The van der Waals surface area contributed by atoms with E-state index in [2.05, 4.69) is 203 Å². The Hall–Kier alpha value is -6.81. The van der Waals surface area contributed by atoms with E-state index in [1.807, 2.05) is 11.8 Å². The molecule has 0 amide bonds. The van der Waals surface area contributed by atoms with Crippen LogP contribution in [0.5, 0.6) is 0 Å². The lowest BCUT2D eigenvalue weighted by molar-refractivity contribution is 1.18. The molecule has 9 aromatic carbocycles. The van der Waals surface area contributed by atoms with Crippen LogP contribution in [0.2, 0.25) is 0 Å². The molecule has 0 N–H and O–H groups in total. The Morgan fingerprint density at radius 2 is 0.873 bits per heavy atom. The number of hydrogen-bond donors (Lipinski definition) is 0. The number of hydrogen-bond acceptors (Lipinski definition) is 1. The smallest absolute Gasteiger partial charge is 0.0558 e. The highest BCUT2D eigenvalue weighted by Gasteiger charge is 2.24. The van der Waals surface area contributed by atoms with Gasteiger partial charge < -0.3 is 9.13 Å². The van der Waals surface area contributed by atoms with Crippen LogP contribution >= 0.6 is 11.8 Å². The molecular formula is C52H32N2S. The van der Waals surface area contributed by atoms with E-state index in [0.29, 0.717) is 0 Å². The molecule has 0 radical (unpaired) electrons. The van der Waals surface area contributed by atoms with Gasteiger partial charge in [0.2, 0.25) is 0 Å². The van der Waals surface area contributed by atoms with Crippen LogP contribution in [0.15, 0.2) is 204 Å². The number of benzene rings is 9. The van der Waals surface area contributed by atoms with Crippen molar-refractivity contribution in [1.82, 2.24) is 9.13 Å². The average molecular weight is 717 g/mol. The molecule has 12 rings (SSSR count). The highest BCUT2D eigenvalue weighted by atomic mass is 32.2. The van der Waals surface area contributed by atoms with Gasteiger partial charge in [0.15, 0.2) is 0 Å². The van der Waals surface area contributed by atoms with Gasteiger partial charge in [-0.3, -0.25) is 0 Å². The molecule has 1 aliphatic rings. The van der Waals surface area contributed by atoms with Gasteiger partial charge >= 0.3 is 0 Å². The lowest BCUT2D eigenvalue weighted by atomic mass is 9.93. The first-order valence-electron chi connectivity index (χ1n) is 18.8. The Labute approximate surface area is 322 Å². The Balaban J connectivity index is 1.02. The summed E-state index contributed by atoms with van der Waals surface area (Å²) in [4.78, 5) is 2.59. The van der Waals surface area contributed by atoms with Crippen LogP contribution < -0.4 is 0 Å². The van der Waals surface area contributed by atoms with Crippen molar-refractivity contribution in [2.24, 2.45) is 0 Å². The van der Waals surface area contributed by atoms with E-state index >= 15 is 0 Å². The zero-order valence-electron chi connectivity index (χ0n) is 29.8. The minimum Gasteiger partial charge on any atom is -0.309 e. The van der Waals surface area contributed by atoms with Crippen LogP contribution in [-0.2, 0) is 0 Å². The van der Waals surface area contributed by atoms with E-state index in [4.69, 9.17) is 0 Å². The number of fused-ring (bicyclic) bond motifs is 9. The molecule has 1 aliphatic heterocycles. The molecule has 0 unspecified atom stereocenters. The van der Waals surface area contributed by atoms with Crippen LogP contribution in [0.1, 0.15) is 0 Å². The topological polar surface area (TPSA) is 9.86 Å². The number of nitrogens with zero attached hydrogens (tertiary/aromatic N) is 2. The summed E-state index contributed by atoms with van der Waals surface area (Å²) < 4.78 is 4.85.